The van der Waals surface area contributed by atoms with Gasteiger partial charge in [0.1, 0.15) is 5.56 Å². The third-order valence-electron chi connectivity index (χ3n) is 2.72. The van der Waals surface area contributed by atoms with Gasteiger partial charge in [0.15, 0.2) is 0 Å². The molecule has 0 aliphatic carbocycles. The van der Waals surface area contributed by atoms with Crippen molar-refractivity contribution in [2.45, 2.75) is 33.2 Å². The lowest BCUT2D eigenvalue weighted by atomic mass is 10.1. The number of aryl methyl sites for hydroxylation is 2. The van der Waals surface area contributed by atoms with Gasteiger partial charge in [-0.1, -0.05) is 0 Å². The molecule has 21 heavy (non-hydrogen) atoms. The Kier molecular flexibility index (Phi) is 4.95. The van der Waals surface area contributed by atoms with Gasteiger partial charge in [-0.25, -0.2) is 17.9 Å². The molecule has 1 aromatic rings. The zero-order valence-corrected chi connectivity index (χ0v) is 13.6. The Labute approximate surface area is 124 Å². The summed E-state index contributed by atoms with van der Waals surface area (Å²) >= 11 is 0. The van der Waals surface area contributed by atoms with Crippen LogP contribution in [0.25, 0.3) is 0 Å². The van der Waals surface area contributed by atoms with Gasteiger partial charge >= 0.3 is 5.97 Å². The molecule has 1 aromatic heterocycles. The van der Waals surface area contributed by atoms with E-state index in [0.717, 1.165) is 6.26 Å². The number of aromatic nitrogens is 1. The van der Waals surface area contributed by atoms with Crippen LogP contribution in [0.1, 0.15) is 35.6 Å². The van der Waals surface area contributed by atoms with Crippen LogP contribution in [0.3, 0.4) is 0 Å². The number of nitrogens with zero attached hydrogens (tertiary/aromatic N) is 1. The molecule has 0 saturated heterocycles. The number of pyridine rings is 1. The van der Waals surface area contributed by atoms with Crippen molar-refractivity contribution in [1.29, 1.82) is 0 Å². The van der Waals surface area contributed by atoms with Gasteiger partial charge < -0.3 is 10.4 Å². The average Bonchev–Trinajstić information content (AvgIpc) is 2.21. The summed E-state index contributed by atoms with van der Waals surface area (Å²) in [5.41, 5.74) is 0.869. The molecule has 1 heterocycles. The molecule has 7 nitrogen and oxygen atoms in total. The van der Waals surface area contributed by atoms with Crippen molar-refractivity contribution >= 4 is 21.7 Å². The summed E-state index contributed by atoms with van der Waals surface area (Å²) in [6, 6.07) is 1.63. The van der Waals surface area contributed by atoms with Gasteiger partial charge in [0.25, 0.3) is 0 Å². The van der Waals surface area contributed by atoms with Gasteiger partial charge in [0, 0.05) is 17.8 Å². The molecule has 0 aliphatic heterocycles. The molecular weight excluding hydrogens is 294 g/mol. The Morgan fingerprint density at radius 1 is 1.38 bits per heavy atom. The molecule has 1 rings (SSSR count). The van der Waals surface area contributed by atoms with Gasteiger partial charge in [0.05, 0.1) is 17.6 Å². The first-order chi connectivity index (χ1) is 9.41. The van der Waals surface area contributed by atoms with Crippen molar-refractivity contribution in [3.8, 4) is 0 Å². The fourth-order valence-electron chi connectivity index (χ4n) is 2.09. The average molecular weight is 315 g/mol. The van der Waals surface area contributed by atoms with Crippen LogP contribution in [0.4, 0.5) is 5.69 Å². The van der Waals surface area contributed by atoms with Crippen molar-refractivity contribution in [2.75, 3.05) is 18.1 Å². The number of sulfonamides is 1. The second-order valence-corrected chi connectivity index (χ2v) is 7.44. The summed E-state index contributed by atoms with van der Waals surface area (Å²) in [6.07, 6.45) is 1.08. The molecule has 0 aliphatic rings. The van der Waals surface area contributed by atoms with Gasteiger partial charge in [-0.3, -0.25) is 4.98 Å². The highest BCUT2D eigenvalue weighted by Crippen LogP contribution is 2.20. The minimum absolute atomic E-state index is 0.0933. The summed E-state index contributed by atoms with van der Waals surface area (Å²) in [5, 5.41) is 12.3. The molecule has 0 amide bonds. The fraction of sp³-hybridized carbons (Fsp3) is 0.538. The second kappa shape index (κ2) is 5.98. The van der Waals surface area contributed by atoms with Crippen LogP contribution < -0.4 is 10.0 Å². The predicted molar refractivity (Wildman–Crippen MR) is 81.2 cm³/mol. The maximum absolute atomic E-state index is 11.3. The molecule has 0 atom stereocenters. The lowest BCUT2D eigenvalue weighted by Crippen LogP contribution is -2.47. The van der Waals surface area contributed by atoms with Crippen molar-refractivity contribution in [3.63, 3.8) is 0 Å². The van der Waals surface area contributed by atoms with E-state index < -0.39 is 21.5 Å². The number of hydrogen-bond acceptors (Lipinski definition) is 5. The minimum atomic E-state index is -3.35. The van der Waals surface area contributed by atoms with Crippen LogP contribution in [-0.4, -0.2) is 42.8 Å². The monoisotopic (exact) mass is 315 g/mol. The minimum Gasteiger partial charge on any atom is -0.478 e. The maximum Gasteiger partial charge on any atom is 0.339 e. The second-order valence-electron chi connectivity index (χ2n) is 5.69. The van der Waals surface area contributed by atoms with E-state index in [0.29, 0.717) is 17.1 Å². The quantitative estimate of drug-likeness (QED) is 0.726. The van der Waals surface area contributed by atoms with Gasteiger partial charge in [0.2, 0.25) is 10.0 Å². The molecule has 118 valence electrons. The molecule has 0 fully saturated rings. The summed E-state index contributed by atoms with van der Waals surface area (Å²) in [6.45, 7) is 7.05. The molecule has 0 saturated carbocycles. The third-order valence-corrected chi connectivity index (χ3v) is 3.65. The zero-order chi connectivity index (χ0) is 16.4. The normalized spacial score (nSPS) is 12.2. The lowest BCUT2D eigenvalue weighted by Gasteiger charge is -2.26. The Bertz CT molecular complexity index is 654. The van der Waals surface area contributed by atoms with Crippen molar-refractivity contribution in [1.82, 2.24) is 9.71 Å². The lowest BCUT2D eigenvalue weighted by molar-refractivity contribution is 0.0696. The standard InChI is InChI=1S/C13H21N3O4S/c1-8-6-10(11(12(17)18)9(2)15-8)14-7-13(3,4)16-21(5,19)20/h6,16H,7H2,1-5H3,(H,14,15)(H,17,18). The van der Waals surface area contributed by atoms with Crippen LogP contribution in [0, 0.1) is 13.8 Å². The molecule has 0 aromatic carbocycles. The molecule has 0 spiro atoms. The SMILES string of the molecule is Cc1cc(NCC(C)(C)NS(C)(=O)=O)c(C(=O)O)c(C)n1. The Morgan fingerprint density at radius 3 is 2.43 bits per heavy atom. The van der Waals surface area contributed by atoms with E-state index in [1.165, 1.54) is 0 Å². The van der Waals surface area contributed by atoms with E-state index in [-0.39, 0.29) is 12.1 Å². The molecule has 0 radical (unpaired) electrons. The Morgan fingerprint density at radius 2 is 1.95 bits per heavy atom. The number of nitrogens with one attached hydrogen (secondary N) is 2. The van der Waals surface area contributed by atoms with Gasteiger partial charge in [-0.2, -0.15) is 0 Å². The number of carbonyl (C=O) groups is 1. The van der Waals surface area contributed by atoms with Crippen LogP contribution in [-0.2, 0) is 10.0 Å². The summed E-state index contributed by atoms with van der Waals surface area (Å²) < 4.78 is 25.1. The number of hydrogen-bond donors (Lipinski definition) is 3. The van der Waals surface area contributed by atoms with Gasteiger partial charge in [-0.05, 0) is 33.8 Å². The van der Waals surface area contributed by atoms with Gasteiger partial charge in [-0.15, -0.1) is 0 Å². The summed E-state index contributed by atoms with van der Waals surface area (Å²) in [5.74, 6) is -1.07. The van der Waals surface area contributed by atoms with Crippen molar-refractivity contribution in [3.05, 3.63) is 23.0 Å². The zero-order valence-electron chi connectivity index (χ0n) is 12.8. The number of carboxylic acids is 1. The largest absolute Gasteiger partial charge is 0.478 e. The molecular formula is C13H21N3O4S. The van der Waals surface area contributed by atoms with Crippen molar-refractivity contribution < 1.29 is 18.3 Å². The number of rotatable bonds is 6. The maximum atomic E-state index is 11.3. The van der Waals surface area contributed by atoms with E-state index >= 15 is 0 Å². The Hall–Kier alpha value is -1.67. The summed E-state index contributed by atoms with van der Waals surface area (Å²) in [7, 11) is -3.35. The molecule has 8 heteroatoms. The van der Waals surface area contributed by atoms with Crippen LogP contribution >= 0.6 is 0 Å². The van der Waals surface area contributed by atoms with Crippen LogP contribution in [0.15, 0.2) is 6.07 Å². The van der Waals surface area contributed by atoms with E-state index in [4.69, 9.17) is 0 Å². The first-order valence-electron chi connectivity index (χ1n) is 6.36. The molecule has 0 unspecified atom stereocenters. The van der Waals surface area contributed by atoms with Crippen LogP contribution in [0.5, 0.6) is 0 Å². The highest BCUT2D eigenvalue weighted by atomic mass is 32.2. The first kappa shape index (κ1) is 17.4. The highest BCUT2D eigenvalue weighted by Gasteiger charge is 2.23. The van der Waals surface area contributed by atoms with E-state index in [9.17, 15) is 18.3 Å². The van der Waals surface area contributed by atoms with Crippen molar-refractivity contribution in [2.24, 2.45) is 0 Å². The molecule has 0 bridgehead atoms. The fourth-order valence-corrected chi connectivity index (χ4v) is 3.17. The van der Waals surface area contributed by atoms with Crippen LogP contribution in [0.2, 0.25) is 0 Å². The van der Waals surface area contributed by atoms with E-state index in [2.05, 4.69) is 15.0 Å². The number of aromatic carboxylic acids is 1. The smallest absolute Gasteiger partial charge is 0.339 e. The number of anilines is 1. The topological polar surface area (TPSA) is 108 Å². The number of carboxylic acid groups (broad SMARTS) is 1. The summed E-state index contributed by atoms with van der Waals surface area (Å²) in [4.78, 5) is 15.4. The predicted octanol–water partition coefficient (Wildman–Crippen LogP) is 1.14. The third kappa shape index (κ3) is 5.31. The van der Waals surface area contributed by atoms with E-state index in [1.54, 1.807) is 33.8 Å². The molecule has 3 N–H and O–H groups in total. The highest BCUT2D eigenvalue weighted by molar-refractivity contribution is 7.88. The van der Waals surface area contributed by atoms with E-state index in [1.807, 2.05) is 0 Å². The Balaban J connectivity index is 3.01. The first-order valence-corrected chi connectivity index (χ1v) is 8.25.